The van der Waals surface area contributed by atoms with Crippen LogP contribution in [0.1, 0.15) is 25.7 Å². The fourth-order valence-corrected chi connectivity index (χ4v) is 4.34. The van der Waals surface area contributed by atoms with E-state index >= 15 is 0 Å². The van der Waals surface area contributed by atoms with Gasteiger partial charge < -0.3 is 16.2 Å². The Labute approximate surface area is 110 Å². The number of hydrogen-bond acceptors (Lipinski definition) is 3. The average molecular weight is 266 g/mol. The number of carbonyl (C=O) groups excluding carboxylic acids is 2. The molecule has 3 rings (SSSR count). The van der Waals surface area contributed by atoms with Crippen LogP contribution in [0.4, 0.5) is 0 Å². The predicted octanol–water partition coefficient (Wildman–Crippen LogP) is -0.277. The smallest absolute Gasteiger partial charge is 0.326 e. The normalized spacial score (nSPS) is 39.5. The highest BCUT2D eigenvalue weighted by atomic mass is 16.4. The van der Waals surface area contributed by atoms with E-state index in [1.54, 1.807) is 0 Å². The molecule has 3 fully saturated rings. The standard InChI is InChI=1S/C13H18N2O4/c14-8(16)4-7(13(18)19)15-12(17)11-9-5-1-2-6(3-5)10(9)11/h5-7,9-11H,1-4H2,(H2,14,16)(H,15,17)(H,18,19)/t5?,6?,7-,9?,10?,11?/m1/s1. The summed E-state index contributed by atoms with van der Waals surface area (Å²) >= 11 is 0. The highest BCUT2D eigenvalue weighted by Gasteiger charge is 2.67. The van der Waals surface area contributed by atoms with E-state index in [0.717, 1.165) is 0 Å². The Bertz CT molecular complexity index is 434. The van der Waals surface area contributed by atoms with Crippen molar-refractivity contribution < 1.29 is 19.5 Å². The molecule has 6 nitrogen and oxygen atoms in total. The Kier molecular flexibility index (Phi) is 2.76. The van der Waals surface area contributed by atoms with Crippen LogP contribution in [0.25, 0.3) is 0 Å². The van der Waals surface area contributed by atoms with Gasteiger partial charge >= 0.3 is 5.97 Å². The molecular formula is C13H18N2O4. The van der Waals surface area contributed by atoms with Crippen molar-refractivity contribution >= 4 is 17.8 Å². The number of nitrogens with one attached hydrogen (secondary N) is 1. The Morgan fingerprint density at radius 1 is 1.21 bits per heavy atom. The van der Waals surface area contributed by atoms with Crippen LogP contribution < -0.4 is 11.1 Å². The van der Waals surface area contributed by atoms with Crippen molar-refractivity contribution in [3.63, 3.8) is 0 Å². The van der Waals surface area contributed by atoms with Gasteiger partial charge in [-0.3, -0.25) is 9.59 Å². The summed E-state index contributed by atoms with van der Waals surface area (Å²) in [7, 11) is 0. The van der Waals surface area contributed by atoms with E-state index in [0.29, 0.717) is 23.7 Å². The zero-order valence-electron chi connectivity index (χ0n) is 10.5. The van der Waals surface area contributed by atoms with Crippen molar-refractivity contribution in [2.24, 2.45) is 35.3 Å². The maximum Gasteiger partial charge on any atom is 0.326 e. The molecule has 0 aliphatic heterocycles. The Balaban J connectivity index is 1.60. The molecule has 0 aromatic rings. The zero-order chi connectivity index (χ0) is 13.7. The molecule has 0 saturated heterocycles. The number of carboxylic acids is 1. The predicted molar refractivity (Wildman–Crippen MR) is 64.7 cm³/mol. The second-order valence-electron chi connectivity index (χ2n) is 6.08. The van der Waals surface area contributed by atoms with Gasteiger partial charge in [0.1, 0.15) is 6.04 Å². The number of rotatable bonds is 5. The van der Waals surface area contributed by atoms with Gasteiger partial charge in [0.15, 0.2) is 0 Å². The molecule has 19 heavy (non-hydrogen) atoms. The molecule has 2 amide bonds. The maximum absolute atomic E-state index is 12.1. The number of carboxylic acid groups (broad SMARTS) is 1. The summed E-state index contributed by atoms with van der Waals surface area (Å²) in [6.45, 7) is 0. The first-order valence-corrected chi connectivity index (χ1v) is 6.80. The Morgan fingerprint density at radius 3 is 2.26 bits per heavy atom. The molecule has 6 heteroatoms. The molecule has 2 bridgehead atoms. The fourth-order valence-electron chi connectivity index (χ4n) is 4.34. The van der Waals surface area contributed by atoms with E-state index in [1.165, 1.54) is 19.3 Å². The minimum Gasteiger partial charge on any atom is -0.480 e. The summed E-state index contributed by atoms with van der Waals surface area (Å²) in [6, 6.07) is -1.19. The summed E-state index contributed by atoms with van der Waals surface area (Å²) < 4.78 is 0. The van der Waals surface area contributed by atoms with Crippen molar-refractivity contribution in [2.75, 3.05) is 0 Å². The number of primary amides is 1. The van der Waals surface area contributed by atoms with Crippen LogP contribution in [0.2, 0.25) is 0 Å². The van der Waals surface area contributed by atoms with Gasteiger partial charge in [0.2, 0.25) is 11.8 Å². The number of fused-ring (bicyclic) bond motifs is 5. The third-order valence-corrected chi connectivity index (χ3v) is 5.06. The number of nitrogens with two attached hydrogens (primary N) is 1. The summed E-state index contributed by atoms with van der Waals surface area (Å²) in [5.41, 5.74) is 4.99. The van der Waals surface area contributed by atoms with Crippen molar-refractivity contribution in [1.82, 2.24) is 5.32 Å². The number of amides is 2. The highest BCUT2D eigenvalue weighted by molar-refractivity contribution is 5.90. The molecule has 0 aromatic heterocycles. The first-order chi connectivity index (χ1) is 8.99. The van der Waals surface area contributed by atoms with Gasteiger partial charge in [-0.1, -0.05) is 0 Å². The van der Waals surface area contributed by atoms with Crippen LogP contribution in [0.5, 0.6) is 0 Å². The molecule has 4 N–H and O–H groups in total. The zero-order valence-corrected chi connectivity index (χ0v) is 10.5. The van der Waals surface area contributed by atoms with Crippen LogP contribution >= 0.6 is 0 Å². The van der Waals surface area contributed by atoms with Crippen LogP contribution in [0.3, 0.4) is 0 Å². The third-order valence-electron chi connectivity index (χ3n) is 5.06. The molecule has 3 aliphatic carbocycles. The van der Waals surface area contributed by atoms with Crippen molar-refractivity contribution in [2.45, 2.75) is 31.7 Å². The first kappa shape index (κ1) is 12.4. The van der Waals surface area contributed by atoms with Crippen molar-refractivity contribution in [3.05, 3.63) is 0 Å². The summed E-state index contributed by atoms with van der Waals surface area (Å²) in [6.07, 6.45) is 3.30. The summed E-state index contributed by atoms with van der Waals surface area (Å²) in [4.78, 5) is 33.9. The summed E-state index contributed by atoms with van der Waals surface area (Å²) in [5, 5.41) is 11.4. The highest BCUT2D eigenvalue weighted by Crippen LogP contribution is 2.69. The molecule has 0 heterocycles. The second-order valence-corrected chi connectivity index (χ2v) is 6.08. The minimum absolute atomic E-state index is 0.0269. The van der Waals surface area contributed by atoms with Gasteiger partial charge in [0.25, 0.3) is 0 Å². The largest absolute Gasteiger partial charge is 0.480 e. The Hall–Kier alpha value is -1.59. The SMILES string of the molecule is NC(=O)C[C@@H](NC(=O)C1C2C3CCC(C3)C12)C(=O)O. The lowest BCUT2D eigenvalue weighted by atomic mass is 10.0. The van der Waals surface area contributed by atoms with Crippen molar-refractivity contribution in [3.8, 4) is 0 Å². The van der Waals surface area contributed by atoms with Crippen LogP contribution in [0.15, 0.2) is 0 Å². The lowest BCUT2D eigenvalue weighted by Gasteiger charge is -2.14. The van der Waals surface area contributed by atoms with Gasteiger partial charge in [-0.2, -0.15) is 0 Å². The van der Waals surface area contributed by atoms with E-state index in [1.807, 2.05) is 0 Å². The fraction of sp³-hybridized carbons (Fsp3) is 0.769. The summed E-state index contributed by atoms with van der Waals surface area (Å²) in [5.74, 6) is 0.0739. The number of carbonyl (C=O) groups is 3. The molecule has 5 atom stereocenters. The molecule has 104 valence electrons. The second kappa shape index (κ2) is 4.21. The van der Waals surface area contributed by atoms with E-state index in [2.05, 4.69) is 5.32 Å². The monoisotopic (exact) mass is 266 g/mol. The molecule has 0 radical (unpaired) electrons. The number of hydrogen-bond donors (Lipinski definition) is 3. The first-order valence-electron chi connectivity index (χ1n) is 6.80. The third kappa shape index (κ3) is 1.99. The molecule has 3 aliphatic rings. The van der Waals surface area contributed by atoms with Crippen LogP contribution in [-0.4, -0.2) is 28.9 Å². The average Bonchev–Trinajstić information content (AvgIpc) is 2.77. The Morgan fingerprint density at radius 2 is 1.79 bits per heavy atom. The van der Waals surface area contributed by atoms with Crippen LogP contribution in [-0.2, 0) is 14.4 Å². The van der Waals surface area contributed by atoms with Gasteiger partial charge in [-0.25, -0.2) is 4.79 Å². The van der Waals surface area contributed by atoms with Gasteiger partial charge in [-0.15, -0.1) is 0 Å². The lowest BCUT2D eigenvalue weighted by Crippen LogP contribution is -2.44. The topological polar surface area (TPSA) is 109 Å². The number of aliphatic carboxylic acids is 1. The van der Waals surface area contributed by atoms with Gasteiger partial charge in [-0.05, 0) is 42.9 Å². The van der Waals surface area contributed by atoms with Crippen LogP contribution in [0, 0.1) is 29.6 Å². The maximum atomic E-state index is 12.1. The van der Waals surface area contributed by atoms with E-state index in [9.17, 15) is 14.4 Å². The molecule has 4 unspecified atom stereocenters. The van der Waals surface area contributed by atoms with E-state index < -0.39 is 17.9 Å². The molecule has 3 saturated carbocycles. The molecular weight excluding hydrogens is 248 g/mol. The molecule has 0 aromatic carbocycles. The van der Waals surface area contributed by atoms with Crippen molar-refractivity contribution in [1.29, 1.82) is 0 Å². The minimum atomic E-state index is -1.21. The molecule has 0 spiro atoms. The quantitative estimate of drug-likeness (QED) is 0.636. The van der Waals surface area contributed by atoms with Gasteiger partial charge in [0, 0.05) is 5.92 Å². The van der Waals surface area contributed by atoms with E-state index in [-0.39, 0.29) is 18.2 Å². The lowest BCUT2D eigenvalue weighted by molar-refractivity contribution is -0.143. The van der Waals surface area contributed by atoms with Gasteiger partial charge in [0.05, 0.1) is 6.42 Å². The van der Waals surface area contributed by atoms with E-state index in [4.69, 9.17) is 10.8 Å².